The molecule has 0 radical (unpaired) electrons. The van der Waals surface area contributed by atoms with Crippen LogP contribution in [0.3, 0.4) is 0 Å². The van der Waals surface area contributed by atoms with E-state index in [1.54, 1.807) is 19.1 Å². The maximum Gasteiger partial charge on any atom is 0.241 e. The Balaban J connectivity index is 2.28. The van der Waals surface area contributed by atoms with Crippen molar-refractivity contribution in [3.63, 3.8) is 0 Å². The maximum absolute atomic E-state index is 13.0. The first-order valence-corrected chi connectivity index (χ1v) is 11.3. The number of aryl methyl sites for hydroxylation is 1. The van der Waals surface area contributed by atoms with Gasteiger partial charge in [0.05, 0.1) is 11.5 Å². The second-order valence-electron chi connectivity index (χ2n) is 7.04. The van der Waals surface area contributed by atoms with Crippen LogP contribution in [0.5, 0.6) is 5.75 Å². The van der Waals surface area contributed by atoms with E-state index in [4.69, 9.17) is 4.74 Å². The fraction of sp³-hybridized carbons (Fsp3) is 0.409. The van der Waals surface area contributed by atoms with Gasteiger partial charge in [0.15, 0.2) is 0 Å². The molecule has 2 rings (SSSR count). The monoisotopic (exact) mass is 418 g/mol. The van der Waals surface area contributed by atoms with Crippen LogP contribution in [-0.2, 0) is 21.2 Å². The molecule has 158 valence electrons. The molecule has 0 aliphatic rings. The van der Waals surface area contributed by atoms with E-state index in [9.17, 15) is 13.2 Å². The number of nitrogens with one attached hydrogen (secondary N) is 2. The van der Waals surface area contributed by atoms with E-state index in [0.29, 0.717) is 12.4 Å². The van der Waals surface area contributed by atoms with Crippen LogP contribution in [0.15, 0.2) is 53.4 Å². The van der Waals surface area contributed by atoms with Crippen LogP contribution in [0.2, 0.25) is 0 Å². The van der Waals surface area contributed by atoms with Crippen molar-refractivity contribution in [1.29, 1.82) is 0 Å². The van der Waals surface area contributed by atoms with Crippen molar-refractivity contribution >= 4 is 15.9 Å². The Kier molecular flexibility index (Phi) is 8.22. The van der Waals surface area contributed by atoms with Gasteiger partial charge in [-0.1, -0.05) is 37.3 Å². The number of carbonyl (C=O) groups excluding carboxylic acids is 1. The minimum absolute atomic E-state index is 0.0435. The van der Waals surface area contributed by atoms with Crippen molar-refractivity contribution in [2.24, 2.45) is 0 Å². The van der Waals surface area contributed by atoms with Crippen LogP contribution in [0, 0.1) is 6.92 Å². The zero-order valence-electron chi connectivity index (χ0n) is 17.4. The zero-order valence-corrected chi connectivity index (χ0v) is 18.3. The Labute approximate surface area is 173 Å². The normalized spacial score (nSPS) is 13.5. The summed E-state index contributed by atoms with van der Waals surface area (Å²) in [6, 6.07) is 13.1. The summed E-state index contributed by atoms with van der Waals surface area (Å²) in [5.41, 5.74) is 1.60. The highest BCUT2D eigenvalue weighted by molar-refractivity contribution is 7.89. The van der Waals surface area contributed by atoms with E-state index in [0.717, 1.165) is 17.5 Å². The highest BCUT2D eigenvalue weighted by Crippen LogP contribution is 2.22. The number of amides is 1. The third-order valence-corrected chi connectivity index (χ3v) is 6.12. The molecule has 0 aliphatic carbocycles. The van der Waals surface area contributed by atoms with Gasteiger partial charge < -0.3 is 10.1 Å². The average Bonchev–Trinajstić information content (AvgIpc) is 2.69. The van der Waals surface area contributed by atoms with Crippen molar-refractivity contribution in [2.75, 3.05) is 6.61 Å². The topological polar surface area (TPSA) is 84.5 Å². The summed E-state index contributed by atoms with van der Waals surface area (Å²) in [4.78, 5) is 12.9. The first-order chi connectivity index (χ1) is 13.8. The van der Waals surface area contributed by atoms with E-state index >= 15 is 0 Å². The highest BCUT2D eigenvalue weighted by Gasteiger charge is 2.27. The van der Waals surface area contributed by atoms with E-state index < -0.39 is 16.1 Å². The summed E-state index contributed by atoms with van der Waals surface area (Å²) in [6.07, 6.45) is 1.02. The molecule has 29 heavy (non-hydrogen) atoms. The van der Waals surface area contributed by atoms with Gasteiger partial charge in [-0.15, -0.1) is 0 Å². The molecule has 0 spiro atoms. The molecule has 7 heteroatoms. The number of sulfonamides is 1. The van der Waals surface area contributed by atoms with E-state index in [-0.39, 0.29) is 23.3 Å². The number of hydrogen-bond acceptors (Lipinski definition) is 4. The summed E-state index contributed by atoms with van der Waals surface area (Å²) in [6.45, 7) is 8.02. The number of ether oxygens (including phenoxy) is 1. The van der Waals surface area contributed by atoms with Crippen molar-refractivity contribution in [3.05, 3.63) is 59.7 Å². The van der Waals surface area contributed by atoms with E-state index in [2.05, 4.69) is 10.0 Å². The molecule has 0 saturated carbocycles. The third kappa shape index (κ3) is 6.58. The molecular formula is C22H30N2O4S. The van der Waals surface area contributed by atoms with Gasteiger partial charge >= 0.3 is 0 Å². The lowest BCUT2D eigenvalue weighted by atomic mass is 10.1. The lowest BCUT2D eigenvalue weighted by Gasteiger charge is -2.21. The molecule has 2 atom stereocenters. The molecule has 0 unspecified atom stereocenters. The SMILES string of the molecule is CCOc1ccc(S(=O)(=O)N[C@@H](Cc2ccccc2)C(=O)N[C@H](C)CC)cc1C. The summed E-state index contributed by atoms with van der Waals surface area (Å²) in [7, 11) is -3.89. The molecular weight excluding hydrogens is 388 g/mol. The molecule has 0 fully saturated rings. The Hall–Kier alpha value is -2.38. The fourth-order valence-corrected chi connectivity index (χ4v) is 4.13. The lowest BCUT2D eigenvalue weighted by molar-refractivity contribution is -0.123. The van der Waals surface area contributed by atoms with Gasteiger partial charge in [0.1, 0.15) is 11.8 Å². The van der Waals surface area contributed by atoms with Gasteiger partial charge in [-0.05, 0) is 62.9 Å². The van der Waals surface area contributed by atoms with Gasteiger partial charge in [0.25, 0.3) is 0 Å². The molecule has 2 aromatic carbocycles. The van der Waals surface area contributed by atoms with Crippen LogP contribution in [-0.4, -0.2) is 33.0 Å². The van der Waals surface area contributed by atoms with Crippen LogP contribution < -0.4 is 14.8 Å². The van der Waals surface area contributed by atoms with Gasteiger partial charge in [-0.25, -0.2) is 8.42 Å². The smallest absolute Gasteiger partial charge is 0.241 e. The molecule has 0 bridgehead atoms. The predicted molar refractivity (Wildman–Crippen MR) is 114 cm³/mol. The minimum atomic E-state index is -3.89. The standard InChI is InChI=1S/C22H30N2O4S/c1-5-17(4)23-22(25)20(15-18-10-8-7-9-11-18)24-29(26,27)19-12-13-21(28-6-2)16(3)14-19/h7-14,17,20,24H,5-6,15H2,1-4H3,(H,23,25)/t17-,20+/m1/s1. The van der Waals surface area contributed by atoms with Gasteiger partial charge in [-0.3, -0.25) is 4.79 Å². The first-order valence-electron chi connectivity index (χ1n) is 9.86. The molecule has 0 saturated heterocycles. The largest absolute Gasteiger partial charge is 0.494 e. The van der Waals surface area contributed by atoms with Gasteiger partial charge in [-0.2, -0.15) is 4.72 Å². The quantitative estimate of drug-likeness (QED) is 0.621. The minimum Gasteiger partial charge on any atom is -0.494 e. The number of hydrogen-bond donors (Lipinski definition) is 2. The zero-order chi connectivity index (χ0) is 21.4. The second-order valence-corrected chi connectivity index (χ2v) is 8.76. The molecule has 0 aliphatic heterocycles. The van der Waals surface area contributed by atoms with Crippen LogP contribution in [0.1, 0.15) is 38.3 Å². The molecule has 2 aromatic rings. The summed E-state index contributed by atoms with van der Waals surface area (Å²) in [5.74, 6) is 0.302. The molecule has 1 amide bonds. The third-order valence-electron chi connectivity index (χ3n) is 4.65. The van der Waals surface area contributed by atoms with Gasteiger partial charge in [0.2, 0.25) is 15.9 Å². The van der Waals surface area contributed by atoms with Crippen LogP contribution in [0.25, 0.3) is 0 Å². The van der Waals surface area contributed by atoms with Crippen molar-refractivity contribution in [3.8, 4) is 5.75 Å². The Morgan fingerprint density at radius 1 is 1.10 bits per heavy atom. The van der Waals surface area contributed by atoms with Crippen molar-refractivity contribution < 1.29 is 17.9 Å². The van der Waals surface area contributed by atoms with Gasteiger partial charge in [0, 0.05) is 6.04 Å². The van der Waals surface area contributed by atoms with Crippen molar-refractivity contribution in [2.45, 2.75) is 57.5 Å². The summed E-state index contributed by atoms with van der Waals surface area (Å²) < 4.78 is 34.0. The Bertz CT molecular complexity index is 914. The molecule has 0 aromatic heterocycles. The average molecular weight is 419 g/mol. The maximum atomic E-state index is 13.0. The fourth-order valence-electron chi connectivity index (χ4n) is 2.85. The molecule has 0 heterocycles. The Morgan fingerprint density at radius 2 is 1.79 bits per heavy atom. The summed E-state index contributed by atoms with van der Waals surface area (Å²) in [5, 5.41) is 2.88. The molecule has 6 nitrogen and oxygen atoms in total. The van der Waals surface area contributed by atoms with Crippen LogP contribution in [0.4, 0.5) is 0 Å². The lowest BCUT2D eigenvalue weighted by Crippen LogP contribution is -2.50. The number of carbonyl (C=O) groups is 1. The number of benzene rings is 2. The van der Waals surface area contributed by atoms with E-state index in [1.165, 1.54) is 6.07 Å². The van der Waals surface area contributed by atoms with Crippen molar-refractivity contribution in [1.82, 2.24) is 10.0 Å². The van der Waals surface area contributed by atoms with E-state index in [1.807, 2.05) is 51.1 Å². The van der Waals surface area contributed by atoms with Crippen LogP contribution >= 0.6 is 0 Å². The second kappa shape index (κ2) is 10.4. The number of rotatable bonds is 10. The first kappa shape index (κ1) is 22.9. The summed E-state index contributed by atoms with van der Waals surface area (Å²) >= 11 is 0. The highest BCUT2D eigenvalue weighted by atomic mass is 32.2. The molecule has 2 N–H and O–H groups in total. The Morgan fingerprint density at radius 3 is 2.38 bits per heavy atom. The predicted octanol–water partition coefficient (Wildman–Crippen LogP) is 3.20.